The lowest BCUT2D eigenvalue weighted by Crippen LogP contribution is -2.27. The van der Waals surface area contributed by atoms with Crippen LogP contribution in [0.3, 0.4) is 0 Å². The van der Waals surface area contributed by atoms with Crippen LogP contribution in [0.2, 0.25) is 0 Å². The molecule has 122 valence electrons. The molecular formula is C14H14BrN3O4S. The van der Waals surface area contributed by atoms with Crippen molar-refractivity contribution in [1.82, 2.24) is 4.57 Å². The molecule has 0 atom stereocenters. The van der Waals surface area contributed by atoms with Crippen molar-refractivity contribution in [1.29, 1.82) is 0 Å². The second-order valence-electron chi connectivity index (χ2n) is 4.92. The van der Waals surface area contributed by atoms with Crippen LogP contribution in [-0.2, 0) is 21.4 Å². The first-order valence-electron chi connectivity index (χ1n) is 6.46. The summed E-state index contributed by atoms with van der Waals surface area (Å²) in [5.41, 5.74) is 0.930. The Morgan fingerprint density at radius 3 is 2.48 bits per heavy atom. The molecular weight excluding hydrogens is 386 g/mol. The maximum absolute atomic E-state index is 12.0. The van der Waals surface area contributed by atoms with Crippen molar-refractivity contribution in [3.63, 3.8) is 0 Å². The number of carbonyl (C=O) groups is 1. The summed E-state index contributed by atoms with van der Waals surface area (Å²) in [7, 11) is -3.78. The van der Waals surface area contributed by atoms with Gasteiger partial charge in [-0.3, -0.25) is 9.59 Å². The van der Waals surface area contributed by atoms with E-state index < -0.39 is 15.9 Å². The summed E-state index contributed by atoms with van der Waals surface area (Å²) in [6, 6.07) is 7.10. The Morgan fingerprint density at radius 2 is 1.91 bits per heavy atom. The number of anilines is 1. The summed E-state index contributed by atoms with van der Waals surface area (Å²) in [6.07, 6.45) is 1.58. The summed E-state index contributed by atoms with van der Waals surface area (Å²) in [5, 5.41) is 7.58. The number of halogens is 1. The largest absolute Gasteiger partial charge is 0.325 e. The van der Waals surface area contributed by atoms with E-state index in [-0.39, 0.29) is 17.0 Å². The van der Waals surface area contributed by atoms with E-state index in [1.807, 2.05) is 6.92 Å². The second kappa shape index (κ2) is 6.65. The standard InChI is InChI=1S/C14H14BrN3O4S/c1-9-6-12(15)14(20)18(7-9)8-13(19)17-10-2-4-11(5-3-10)23(16,21)22/h2-7H,8H2,1H3,(H,17,19)(H2,16,21,22). The van der Waals surface area contributed by atoms with E-state index in [0.29, 0.717) is 10.2 Å². The molecule has 3 N–H and O–H groups in total. The normalized spacial score (nSPS) is 11.3. The molecule has 1 aromatic heterocycles. The minimum atomic E-state index is -3.78. The van der Waals surface area contributed by atoms with E-state index >= 15 is 0 Å². The molecule has 0 aliphatic rings. The van der Waals surface area contributed by atoms with Crippen molar-refractivity contribution in [2.24, 2.45) is 5.14 Å². The number of amides is 1. The average Bonchev–Trinajstić information content (AvgIpc) is 2.43. The highest BCUT2D eigenvalue weighted by molar-refractivity contribution is 9.10. The predicted octanol–water partition coefficient (Wildman–Crippen LogP) is 1.21. The Kier molecular flexibility index (Phi) is 5.03. The van der Waals surface area contributed by atoms with Crippen molar-refractivity contribution >= 4 is 37.5 Å². The highest BCUT2D eigenvalue weighted by Crippen LogP contribution is 2.13. The number of hydrogen-bond acceptors (Lipinski definition) is 4. The van der Waals surface area contributed by atoms with Crippen LogP contribution in [-0.4, -0.2) is 18.9 Å². The van der Waals surface area contributed by atoms with Gasteiger partial charge in [0.2, 0.25) is 15.9 Å². The Labute approximate surface area is 141 Å². The number of rotatable bonds is 4. The van der Waals surface area contributed by atoms with Gasteiger partial charge in [0, 0.05) is 11.9 Å². The first-order valence-corrected chi connectivity index (χ1v) is 8.80. The lowest BCUT2D eigenvalue weighted by atomic mass is 10.3. The molecule has 7 nitrogen and oxygen atoms in total. The third-order valence-corrected chi connectivity index (χ3v) is 4.46. The van der Waals surface area contributed by atoms with Crippen molar-refractivity contribution in [3.05, 3.63) is 56.9 Å². The molecule has 0 bridgehead atoms. The average molecular weight is 400 g/mol. The third-order valence-electron chi connectivity index (χ3n) is 2.96. The minimum absolute atomic E-state index is 0.0469. The Bertz CT molecular complexity index is 905. The Balaban J connectivity index is 2.13. The van der Waals surface area contributed by atoms with Gasteiger partial charge in [-0.05, 0) is 58.7 Å². The number of pyridine rings is 1. The summed E-state index contributed by atoms with van der Waals surface area (Å²) in [5.74, 6) is -0.409. The summed E-state index contributed by atoms with van der Waals surface area (Å²) < 4.78 is 24.0. The van der Waals surface area contributed by atoms with E-state index in [4.69, 9.17) is 5.14 Å². The summed E-state index contributed by atoms with van der Waals surface area (Å²) in [6.45, 7) is 1.65. The van der Waals surface area contributed by atoms with Gasteiger partial charge in [-0.15, -0.1) is 0 Å². The number of nitrogens with two attached hydrogens (primary N) is 1. The number of benzene rings is 1. The Hall–Kier alpha value is -1.97. The van der Waals surface area contributed by atoms with Gasteiger partial charge in [-0.25, -0.2) is 13.6 Å². The quantitative estimate of drug-likeness (QED) is 0.804. The number of primary sulfonamides is 1. The molecule has 0 spiro atoms. The van der Waals surface area contributed by atoms with Gasteiger partial charge in [-0.2, -0.15) is 0 Å². The molecule has 1 amide bonds. The fraction of sp³-hybridized carbons (Fsp3) is 0.143. The molecule has 23 heavy (non-hydrogen) atoms. The van der Waals surface area contributed by atoms with Gasteiger partial charge < -0.3 is 9.88 Å². The van der Waals surface area contributed by atoms with Crippen molar-refractivity contribution in [3.8, 4) is 0 Å². The fourth-order valence-corrected chi connectivity index (χ4v) is 3.05. The number of aromatic nitrogens is 1. The predicted molar refractivity (Wildman–Crippen MR) is 89.6 cm³/mol. The fourth-order valence-electron chi connectivity index (χ4n) is 1.94. The van der Waals surface area contributed by atoms with Crippen molar-refractivity contribution in [2.75, 3.05) is 5.32 Å². The van der Waals surface area contributed by atoms with E-state index in [9.17, 15) is 18.0 Å². The molecule has 0 saturated carbocycles. The van der Waals surface area contributed by atoms with Crippen LogP contribution in [0.5, 0.6) is 0 Å². The van der Waals surface area contributed by atoms with Gasteiger partial charge in [0.1, 0.15) is 6.54 Å². The molecule has 0 aliphatic heterocycles. The molecule has 0 radical (unpaired) electrons. The van der Waals surface area contributed by atoms with Crippen LogP contribution in [0.1, 0.15) is 5.56 Å². The molecule has 0 fully saturated rings. The molecule has 1 heterocycles. The van der Waals surface area contributed by atoms with Crippen LogP contribution >= 0.6 is 15.9 Å². The Morgan fingerprint density at radius 1 is 1.30 bits per heavy atom. The minimum Gasteiger partial charge on any atom is -0.325 e. The van der Waals surface area contributed by atoms with E-state index in [1.165, 1.54) is 28.8 Å². The van der Waals surface area contributed by atoms with Gasteiger partial charge in [0.15, 0.2) is 0 Å². The van der Waals surface area contributed by atoms with Crippen molar-refractivity contribution in [2.45, 2.75) is 18.4 Å². The van der Waals surface area contributed by atoms with E-state index in [0.717, 1.165) is 5.56 Å². The molecule has 0 aliphatic carbocycles. The number of sulfonamides is 1. The smallest absolute Gasteiger partial charge is 0.265 e. The second-order valence-corrected chi connectivity index (χ2v) is 7.33. The van der Waals surface area contributed by atoms with Gasteiger partial charge in [-0.1, -0.05) is 0 Å². The molecule has 0 saturated heterocycles. The van der Waals surface area contributed by atoms with E-state index in [1.54, 1.807) is 12.3 Å². The maximum Gasteiger partial charge on any atom is 0.265 e. The highest BCUT2D eigenvalue weighted by Gasteiger charge is 2.10. The van der Waals surface area contributed by atoms with Crippen LogP contribution < -0.4 is 16.0 Å². The zero-order valence-corrected chi connectivity index (χ0v) is 14.5. The zero-order valence-electron chi connectivity index (χ0n) is 12.1. The monoisotopic (exact) mass is 399 g/mol. The zero-order chi connectivity index (χ0) is 17.2. The first-order chi connectivity index (χ1) is 10.7. The van der Waals surface area contributed by atoms with Crippen molar-refractivity contribution < 1.29 is 13.2 Å². The topological polar surface area (TPSA) is 111 Å². The molecule has 1 aromatic carbocycles. The summed E-state index contributed by atoms with van der Waals surface area (Å²) in [4.78, 5) is 23.9. The highest BCUT2D eigenvalue weighted by atomic mass is 79.9. The van der Waals surface area contributed by atoms with Crippen LogP contribution in [0, 0.1) is 6.92 Å². The number of aryl methyl sites for hydroxylation is 1. The van der Waals surface area contributed by atoms with Gasteiger partial charge in [0.25, 0.3) is 5.56 Å². The molecule has 0 unspecified atom stereocenters. The third kappa shape index (κ3) is 4.50. The first kappa shape index (κ1) is 17.4. The van der Waals surface area contributed by atoms with E-state index in [2.05, 4.69) is 21.2 Å². The van der Waals surface area contributed by atoms with Crippen LogP contribution in [0.4, 0.5) is 5.69 Å². The SMILES string of the molecule is Cc1cc(Br)c(=O)n(CC(=O)Nc2ccc(S(N)(=O)=O)cc2)c1. The number of hydrogen-bond donors (Lipinski definition) is 2. The molecule has 2 rings (SSSR count). The van der Waals surface area contributed by atoms with Gasteiger partial charge >= 0.3 is 0 Å². The number of nitrogens with zero attached hydrogens (tertiary/aromatic N) is 1. The molecule has 9 heteroatoms. The van der Waals surface area contributed by atoms with Crippen LogP contribution in [0.15, 0.2) is 50.7 Å². The lowest BCUT2D eigenvalue weighted by Gasteiger charge is -2.09. The number of nitrogens with one attached hydrogen (secondary N) is 1. The maximum atomic E-state index is 12.0. The van der Waals surface area contributed by atoms with Gasteiger partial charge in [0.05, 0.1) is 9.37 Å². The molecule has 2 aromatic rings. The number of carbonyl (C=O) groups excluding carboxylic acids is 1. The lowest BCUT2D eigenvalue weighted by molar-refractivity contribution is -0.116. The van der Waals surface area contributed by atoms with Crippen LogP contribution in [0.25, 0.3) is 0 Å². The summed E-state index contributed by atoms with van der Waals surface area (Å²) >= 11 is 3.15.